The second-order valence-corrected chi connectivity index (χ2v) is 8.07. The molecule has 3 N–H and O–H groups in total. The van der Waals surface area contributed by atoms with Gasteiger partial charge < -0.3 is 20.1 Å². The summed E-state index contributed by atoms with van der Waals surface area (Å²) in [6, 6.07) is 2.32. The molecule has 0 aliphatic rings. The lowest BCUT2D eigenvalue weighted by Crippen LogP contribution is -2.25. The molecule has 1 aromatic heterocycles. The molecule has 0 atom stereocenters. The van der Waals surface area contributed by atoms with Crippen molar-refractivity contribution >= 4 is 0 Å². The summed E-state index contributed by atoms with van der Waals surface area (Å²) < 4.78 is 52.2. The van der Waals surface area contributed by atoms with Gasteiger partial charge in [0, 0.05) is 44.1 Å². The molecule has 1 heterocycles. The summed E-state index contributed by atoms with van der Waals surface area (Å²) in [4.78, 5) is 1.99. The number of methoxy groups -OCH3 is 1. The maximum atomic E-state index is 13.7. The number of alkyl halides is 3. The second kappa shape index (κ2) is 11.5. The number of nitrogens with two attached hydrogens (primary N) is 1. The number of benzene rings is 1. The Morgan fingerprint density at radius 1 is 1.19 bits per heavy atom. The van der Waals surface area contributed by atoms with E-state index in [9.17, 15) is 13.2 Å². The zero-order valence-corrected chi connectivity index (χ0v) is 18.7. The largest absolute Gasteiger partial charge is 0.490 e. The van der Waals surface area contributed by atoms with Crippen LogP contribution in [0, 0.1) is 5.92 Å². The highest BCUT2D eigenvalue weighted by Gasteiger charge is 2.33. The first-order valence-electron chi connectivity index (χ1n) is 10.4. The molecule has 0 unspecified atom stereocenters. The molecule has 0 spiro atoms. The second-order valence-electron chi connectivity index (χ2n) is 8.07. The number of aromatic nitrogens is 2. The van der Waals surface area contributed by atoms with E-state index in [1.165, 1.54) is 6.07 Å². The van der Waals surface area contributed by atoms with Crippen molar-refractivity contribution in [3.63, 3.8) is 0 Å². The zero-order valence-electron chi connectivity index (χ0n) is 18.7. The molecule has 2 aromatic rings. The van der Waals surface area contributed by atoms with Crippen LogP contribution in [0.4, 0.5) is 13.2 Å². The third-order valence-electron chi connectivity index (χ3n) is 4.94. The topological polar surface area (TPSA) is 76.4 Å². The van der Waals surface area contributed by atoms with E-state index in [1.54, 1.807) is 13.3 Å². The average molecular weight is 443 g/mol. The Bertz CT molecular complexity index is 822. The number of likely N-dealkylation sites (N-methyl/N-ethyl adjacent to an activating group) is 1. The summed E-state index contributed by atoms with van der Waals surface area (Å²) in [7, 11) is 3.45. The van der Waals surface area contributed by atoms with Crippen LogP contribution < -0.4 is 10.5 Å². The third kappa shape index (κ3) is 7.22. The third-order valence-corrected chi connectivity index (χ3v) is 4.94. The van der Waals surface area contributed by atoms with Gasteiger partial charge in [0.25, 0.3) is 0 Å². The van der Waals surface area contributed by atoms with Crippen LogP contribution in [0.15, 0.2) is 18.3 Å². The molecule has 0 saturated carbocycles. The number of nitrogens with zero attached hydrogens (tertiary/aromatic N) is 2. The van der Waals surface area contributed by atoms with Gasteiger partial charge >= 0.3 is 6.18 Å². The number of nitrogens with one attached hydrogen (secondary N) is 1. The lowest BCUT2D eigenvalue weighted by Gasteiger charge is -2.20. The fourth-order valence-electron chi connectivity index (χ4n) is 3.31. The van der Waals surface area contributed by atoms with Crippen molar-refractivity contribution in [1.82, 2.24) is 15.1 Å². The SMILES string of the molecule is COCCOc1c(CCC(C)C)cc(C(F)(F)F)cc1-c1n[nH]cc1CN(C)CCN. The summed E-state index contributed by atoms with van der Waals surface area (Å²) in [6.45, 7) is 6.28. The lowest BCUT2D eigenvalue weighted by atomic mass is 9.94. The summed E-state index contributed by atoms with van der Waals surface area (Å²) in [5.74, 6) is 0.774. The van der Waals surface area contributed by atoms with Crippen molar-refractivity contribution in [2.24, 2.45) is 11.7 Å². The molecule has 174 valence electrons. The molecule has 0 bridgehead atoms. The van der Waals surface area contributed by atoms with Crippen molar-refractivity contribution in [3.8, 4) is 17.0 Å². The normalized spacial score (nSPS) is 12.2. The van der Waals surface area contributed by atoms with Gasteiger partial charge in [0.1, 0.15) is 18.1 Å². The molecule has 6 nitrogen and oxygen atoms in total. The fourth-order valence-corrected chi connectivity index (χ4v) is 3.31. The van der Waals surface area contributed by atoms with Crippen LogP contribution in [-0.4, -0.2) is 55.6 Å². The number of H-pyrrole nitrogens is 1. The van der Waals surface area contributed by atoms with Gasteiger partial charge in [-0.1, -0.05) is 13.8 Å². The first-order valence-corrected chi connectivity index (χ1v) is 10.4. The number of aryl methyl sites for hydroxylation is 1. The van der Waals surface area contributed by atoms with Gasteiger partial charge in [0.05, 0.1) is 12.2 Å². The Balaban J connectivity index is 2.59. The molecule has 0 amide bonds. The Morgan fingerprint density at radius 2 is 1.94 bits per heavy atom. The molecule has 1 aromatic carbocycles. The minimum Gasteiger partial charge on any atom is -0.490 e. The fraction of sp³-hybridized carbons (Fsp3) is 0.591. The maximum absolute atomic E-state index is 13.7. The van der Waals surface area contributed by atoms with Crippen molar-refractivity contribution in [1.29, 1.82) is 0 Å². The van der Waals surface area contributed by atoms with Crippen molar-refractivity contribution < 1.29 is 22.6 Å². The van der Waals surface area contributed by atoms with E-state index in [1.807, 2.05) is 25.8 Å². The van der Waals surface area contributed by atoms with Gasteiger partial charge in [-0.2, -0.15) is 18.3 Å². The minimum atomic E-state index is -4.47. The highest BCUT2D eigenvalue weighted by Crippen LogP contribution is 2.41. The predicted molar refractivity (Wildman–Crippen MR) is 115 cm³/mol. The van der Waals surface area contributed by atoms with Gasteiger partial charge in [0.15, 0.2) is 0 Å². The van der Waals surface area contributed by atoms with Crippen molar-refractivity contribution in [3.05, 3.63) is 35.0 Å². The minimum absolute atomic E-state index is 0.233. The van der Waals surface area contributed by atoms with E-state index >= 15 is 0 Å². The number of rotatable bonds is 12. The van der Waals surface area contributed by atoms with Crippen molar-refractivity contribution in [2.45, 2.75) is 39.4 Å². The van der Waals surface area contributed by atoms with Gasteiger partial charge in [-0.05, 0) is 43.5 Å². The lowest BCUT2D eigenvalue weighted by molar-refractivity contribution is -0.137. The van der Waals surface area contributed by atoms with E-state index in [-0.39, 0.29) is 6.61 Å². The highest BCUT2D eigenvalue weighted by atomic mass is 19.4. The van der Waals surface area contributed by atoms with Gasteiger partial charge in [-0.25, -0.2) is 0 Å². The molecule has 31 heavy (non-hydrogen) atoms. The number of aromatic amines is 1. The van der Waals surface area contributed by atoms with Gasteiger partial charge in [0.2, 0.25) is 0 Å². The Kier molecular flexibility index (Phi) is 9.33. The van der Waals surface area contributed by atoms with E-state index < -0.39 is 11.7 Å². The number of ether oxygens (including phenoxy) is 2. The van der Waals surface area contributed by atoms with Crippen LogP contribution in [0.2, 0.25) is 0 Å². The Labute approximate surface area is 181 Å². The van der Waals surface area contributed by atoms with Crippen LogP contribution in [-0.2, 0) is 23.9 Å². The van der Waals surface area contributed by atoms with Gasteiger partial charge in [-0.3, -0.25) is 5.10 Å². The molecular formula is C22H33F3N4O2. The first kappa shape index (κ1) is 25.2. The van der Waals surface area contributed by atoms with E-state index in [2.05, 4.69) is 10.2 Å². The average Bonchev–Trinajstić information content (AvgIpc) is 3.13. The summed E-state index contributed by atoms with van der Waals surface area (Å²) >= 11 is 0. The number of hydrogen-bond acceptors (Lipinski definition) is 5. The van der Waals surface area contributed by atoms with Crippen LogP contribution in [0.5, 0.6) is 5.75 Å². The number of halogens is 3. The van der Waals surface area contributed by atoms with E-state index in [0.717, 1.165) is 18.1 Å². The summed E-state index contributed by atoms with van der Waals surface area (Å²) in [5, 5.41) is 7.08. The van der Waals surface area contributed by atoms with Crippen LogP contribution >= 0.6 is 0 Å². The van der Waals surface area contributed by atoms with Crippen LogP contribution in [0.1, 0.15) is 37.0 Å². The van der Waals surface area contributed by atoms with E-state index in [4.69, 9.17) is 15.2 Å². The smallest absolute Gasteiger partial charge is 0.416 e. The van der Waals surface area contributed by atoms with E-state index in [0.29, 0.717) is 61.2 Å². The number of hydrogen-bond donors (Lipinski definition) is 2. The molecule has 0 aliphatic heterocycles. The molecule has 0 aliphatic carbocycles. The van der Waals surface area contributed by atoms with Crippen molar-refractivity contribution in [2.75, 3.05) is 40.5 Å². The molecule has 0 saturated heterocycles. The summed E-state index contributed by atoms with van der Waals surface area (Å²) in [5.41, 5.74) is 7.01. The van der Waals surface area contributed by atoms with Crippen LogP contribution in [0.3, 0.4) is 0 Å². The first-order chi connectivity index (χ1) is 14.7. The predicted octanol–water partition coefficient (Wildman–Crippen LogP) is 4.10. The molecular weight excluding hydrogens is 409 g/mol. The molecule has 9 heteroatoms. The monoisotopic (exact) mass is 442 g/mol. The molecule has 0 fully saturated rings. The standard InChI is InChI=1S/C22H33F3N4O2/c1-15(2)5-6-16-11-18(22(23,24)25)12-19(21(16)31-10-9-30-4)20-17(13-27-28-20)14-29(3)8-7-26/h11-13,15H,5-10,14,26H2,1-4H3,(H,27,28). The zero-order chi connectivity index (χ0) is 23.0. The molecule has 2 rings (SSSR count). The molecule has 0 radical (unpaired) electrons. The Hall–Kier alpha value is -2.10. The quantitative estimate of drug-likeness (QED) is 0.484. The highest BCUT2D eigenvalue weighted by molar-refractivity contribution is 5.73. The van der Waals surface area contributed by atoms with Gasteiger partial charge in [-0.15, -0.1) is 0 Å². The maximum Gasteiger partial charge on any atom is 0.416 e. The summed E-state index contributed by atoms with van der Waals surface area (Å²) in [6.07, 6.45) is -1.55. The Morgan fingerprint density at radius 3 is 2.55 bits per heavy atom. The van der Waals surface area contributed by atoms with Crippen LogP contribution in [0.25, 0.3) is 11.3 Å².